The third-order valence-electron chi connectivity index (χ3n) is 2.31. The van der Waals surface area contributed by atoms with E-state index in [1.165, 1.54) is 0 Å². The van der Waals surface area contributed by atoms with Gasteiger partial charge in [0.15, 0.2) is 6.29 Å². The monoisotopic (exact) mass is 190 g/mol. The first-order valence-electron chi connectivity index (χ1n) is 4.72. The van der Waals surface area contributed by atoms with E-state index in [1.54, 1.807) is 14.2 Å². The van der Waals surface area contributed by atoms with E-state index in [-0.39, 0.29) is 12.3 Å². The Morgan fingerprint density at radius 1 is 1.31 bits per heavy atom. The molecule has 13 heavy (non-hydrogen) atoms. The fourth-order valence-electron chi connectivity index (χ4n) is 1.54. The van der Waals surface area contributed by atoms with E-state index < -0.39 is 0 Å². The molecule has 4 heteroatoms. The number of rotatable bonds is 7. The molecule has 0 saturated carbocycles. The van der Waals surface area contributed by atoms with Crippen LogP contribution < -0.4 is 11.3 Å². The van der Waals surface area contributed by atoms with Crippen molar-refractivity contribution >= 4 is 0 Å². The highest BCUT2D eigenvalue weighted by Gasteiger charge is 2.24. The van der Waals surface area contributed by atoms with Crippen molar-refractivity contribution in [2.45, 2.75) is 39.0 Å². The zero-order valence-electron chi connectivity index (χ0n) is 9.04. The van der Waals surface area contributed by atoms with E-state index in [0.717, 1.165) is 12.8 Å². The molecule has 0 aromatic rings. The molecular formula is C9H22N2O2. The van der Waals surface area contributed by atoms with Gasteiger partial charge in [-0.3, -0.25) is 11.3 Å². The molecular weight excluding hydrogens is 168 g/mol. The van der Waals surface area contributed by atoms with Crippen LogP contribution in [-0.2, 0) is 9.47 Å². The third-order valence-corrected chi connectivity index (χ3v) is 2.31. The van der Waals surface area contributed by atoms with Gasteiger partial charge in [0.25, 0.3) is 0 Å². The lowest BCUT2D eigenvalue weighted by atomic mass is 9.97. The molecule has 80 valence electrons. The highest BCUT2D eigenvalue weighted by Crippen LogP contribution is 2.15. The first-order valence-corrected chi connectivity index (χ1v) is 4.72. The van der Waals surface area contributed by atoms with Crippen molar-refractivity contribution < 1.29 is 9.47 Å². The maximum atomic E-state index is 5.45. The summed E-state index contributed by atoms with van der Waals surface area (Å²) in [7, 11) is 3.24. The van der Waals surface area contributed by atoms with Crippen LogP contribution in [0.2, 0.25) is 0 Å². The molecule has 0 spiro atoms. The lowest BCUT2D eigenvalue weighted by Gasteiger charge is -2.28. The summed E-state index contributed by atoms with van der Waals surface area (Å²) in [5.74, 6) is 5.89. The first kappa shape index (κ1) is 12.8. The molecule has 0 heterocycles. The van der Waals surface area contributed by atoms with E-state index in [2.05, 4.69) is 19.3 Å². The molecule has 0 radical (unpaired) electrons. The van der Waals surface area contributed by atoms with Crippen molar-refractivity contribution in [1.82, 2.24) is 5.43 Å². The first-order chi connectivity index (χ1) is 6.21. The van der Waals surface area contributed by atoms with Crippen LogP contribution in [0.1, 0.15) is 26.7 Å². The summed E-state index contributed by atoms with van der Waals surface area (Å²) in [6.07, 6.45) is 1.98. The minimum absolute atomic E-state index is 0.0509. The van der Waals surface area contributed by atoms with Gasteiger partial charge >= 0.3 is 0 Å². The van der Waals surface area contributed by atoms with Crippen molar-refractivity contribution in [1.29, 1.82) is 0 Å². The molecule has 0 saturated heterocycles. The summed E-state index contributed by atoms with van der Waals surface area (Å²) in [5, 5.41) is 0. The van der Waals surface area contributed by atoms with E-state index in [0.29, 0.717) is 5.92 Å². The molecule has 0 aliphatic carbocycles. The van der Waals surface area contributed by atoms with Crippen LogP contribution in [0.5, 0.6) is 0 Å². The molecule has 0 fully saturated rings. The number of methoxy groups -OCH3 is 2. The number of hydrazine groups is 1. The average Bonchev–Trinajstić information content (AvgIpc) is 2.14. The molecule has 0 aliphatic heterocycles. The van der Waals surface area contributed by atoms with Crippen molar-refractivity contribution in [3.63, 3.8) is 0 Å². The van der Waals surface area contributed by atoms with Gasteiger partial charge in [-0.15, -0.1) is 0 Å². The van der Waals surface area contributed by atoms with E-state index in [9.17, 15) is 0 Å². The van der Waals surface area contributed by atoms with Gasteiger partial charge < -0.3 is 9.47 Å². The smallest absolute Gasteiger partial charge is 0.173 e. The summed E-state index contributed by atoms with van der Waals surface area (Å²) in [6.45, 7) is 4.29. The molecule has 2 unspecified atom stereocenters. The van der Waals surface area contributed by atoms with Gasteiger partial charge in [0.2, 0.25) is 0 Å². The van der Waals surface area contributed by atoms with E-state index >= 15 is 0 Å². The van der Waals surface area contributed by atoms with Gasteiger partial charge in [0, 0.05) is 14.2 Å². The zero-order valence-corrected chi connectivity index (χ0v) is 9.04. The largest absolute Gasteiger partial charge is 0.354 e. The lowest BCUT2D eigenvalue weighted by Crippen LogP contribution is -2.49. The Bertz CT molecular complexity index is 118. The molecule has 2 atom stereocenters. The highest BCUT2D eigenvalue weighted by molar-refractivity contribution is 4.74. The second-order valence-electron chi connectivity index (χ2n) is 3.30. The summed E-state index contributed by atoms with van der Waals surface area (Å²) in [6, 6.07) is 0.0509. The maximum Gasteiger partial charge on any atom is 0.173 e. The minimum atomic E-state index is -0.272. The Kier molecular flexibility index (Phi) is 7.17. The predicted molar refractivity (Wildman–Crippen MR) is 53.0 cm³/mol. The maximum absolute atomic E-state index is 5.45. The Balaban J connectivity index is 4.11. The van der Waals surface area contributed by atoms with Gasteiger partial charge in [-0.2, -0.15) is 0 Å². The second-order valence-corrected chi connectivity index (χ2v) is 3.30. The Labute approximate surface area is 80.7 Å². The van der Waals surface area contributed by atoms with Gasteiger partial charge in [0.05, 0.1) is 6.04 Å². The van der Waals surface area contributed by atoms with Gasteiger partial charge in [-0.05, 0) is 12.3 Å². The molecule has 4 nitrogen and oxygen atoms in total. The summed E-state index contributed by atoms with van der Waals surface area (Å²) < 4.78 is 10.3. The minimum Gasteiger partial charge on any atom is -0.354 e. The van der Waals surface area contributed by atoms with E-state index in [4.69, 9.17) is 15.3 Å². The van der Waals surface area contributed by atoms with Gasteiger partial charge in [0.1, 0.15) is 0 Å². The van der Waals surface area contributed by atoms with Crippen LogP contribution in [0.4, 0.5) is 0 Å². The third kappa shape index (κ3) is 4.04. The normalized spacial score (nSPS) is 16.2. The predicted octanol–water partition coefficient (Wildman–Crippen LogP) is 0.873. The van der Waals surface area contributed by atoms with Crippen LogP contribution in [0.25, 0.3) is 0 Å². The molecule has 0 aliphatic rings. The Morgan fingerprint density at radius 3 is 2.15 bits per heavy atom. The van der Waals surface area contributed by atoms with Crippen LogP contribution in [0, 0.1) is 5.92 Å². The molecule has 3 N–H and O–H groups in total. The standard InChI is InChI=1S/C9H22N2O2/c1-5-6-7(2)8(11-10)9(12-3)13-4/h7-9,11H,5-6,10H2,1-4H3. The van der Waals surface area contributed by atoms with Crippen LogP contribution in [0.3, 0.4) is 0 Å². The summed E-state index contributed by atoms with van der Waals surface area (Å²) in [5.41, 5.74) is 2.74. The number of ether oxygens (including phenoxy) is 2. The van der Waals surface area contributed by atoms with Crippen LogP contribution in [0.15, 0.2) is 0 Å². The van der Waals surface area contributed by atoms with Gasteiger partial charge in [-0.25, -0.2) is 0 Å². The Hall–Kier alpha value is -0.160. The summed E-state index contributed by atoms with van der Waals surface area (Å²) >= 11 is 0. The Morgan fingerprint density at radius 2 is 1.85 bits per heavy atom. The zero-order chi connectivity index (χ0) is 10.3. The topological polar surface area (TPSA) is 56.5 Å². The molecule has 0 aromatic carbocycles. The van der Waals surface area contributed by atoms with Crippen molar-refractivity contribution in [2.24, 2.45) is 11.8 Å². The molecule has 0 amide bonds. The quantitative estimate of drug-likeness (QED) is 0.355. The molecule has 0 aromatic heterocycles. The summed E-state index contributed by atoms with van der Waals surface area (Å²) in [4.78, 5) is 0. The van der Waals surface area contributed by atoms with Crippen LogP contribution >= 0.6 is 0 Å². The van der Waals surface area contributed by atoms with Crippen molar-refractivity contribution in [3.05, 3.63) is 0 Å². The van der Waals surface area contributed by atoms with Gasteiger partial charge in [-0.1, -0.05) is 20.3 Å². The average molecular weight is 190 g/mol. The van der Waals surface area contributed by atoms with Crippen molar-refractivity contribution in [2.75, 3.05) is 14.2 Å². The van der Waals surface area contributed by atoms with E-state index in [1.807, 2.05) is 0 Å². The number of hydrogen-bond acceptors (Lipinski definition) is 4. The van der Waals surface area contributed by atoms with Crippen LogP contribution in [-0.4, -0.2) is 26.6 Å². The number of nitrogens with two attached hydrogens (primary N) is 1. The number of nitrogens with one attached hydrogen (secondary N) is 1. The molecule has 0 rings (SSSR count). The fourth-order valence-corrected chi connectivity index (χ4v) is 1.54. The highest BCUT2D eigenvalue weighted by atomic mass is 16.7. The SMILES string of the molecule is CCCC(C)C(NN)C(OC)OC. The fraction of sp³-hybridized carbons (Fsp3) is 1.00. The molecule has 0 bridgehead atoms. The second kappa shape index (κ2) is 7.26. The lowest BCUT2D eigenvalue weighted by molar-refractivity contribution is -0.132. The van der Waals surface area contributed by atoms with Crippen molar-refractivity contribution in [3.8, 4) is 0 Å². The number of hydrogen-bond donors (Lipinski definition) is 2.